The zero-order valence-electron chi connectivity index (χ0n) is 8.93. The lowest BCUT2D eigenvalue weighted by atomic mass is 9.85. The van der Waals surface area contributed by atoms with Crippen molar-refractivity contribution < 1.29 is 0 Å². The number of nitrogens with two attached hydrogens (primary N) is 1. The molecule has 0 atom stereocenters. The van der Waals surface area contributed by atoms with Crippen LogP contribution < -0.4 is 5.73 Å². The van der Waals surface area contributed by atoms with E-state index in [1.165, 1.54) is 34.2 Å². The van der Waals surface area contributed by atoms with Crippen LogP contribution in [0.15, 0.2) is 18.2 Å². The fraction of sp³-hybridized carbons (Fsp3) is 0.385. The summed E-state index contributed by atoms with van der Waals surface area (Å²) in [4.78, 5) is 0. The third-order valence-electron chi connectivity index (χ3n) is 3.08. The van der Waals surface area contributed by atoms with Gasteiger partial charge in [0.25, 0.3) is 0 Å². The topological polar surface area (TPSA) is 26.0 Å². The van der Waals surface area contributed by atoms with E-state index < -0.39 is 0 Å². The van der Waals surface area contributed by atoms with Crippen LogP contribution in [0.3, 0.4) is 0 Å². The van der Waals surface area contributed by atoms with Gasteiger partial charge >= 0.3 is 0 Å². The van der Waals surface area contributed by atoms with Gasteiger partial charge in [0.1, 0.15) is 0 Å². The molecule has 0 saturated heterocycles. The molecule has 0 aliphatic heterocycles. The van der Waals surface area contributed by atoms with Crippen molar-refractivity contribution in [1.29, 1.82) is 0 Å². The maximum atomic E-state index is 5.77. The van der Waals surface area contributed by atoms with E-state index in [0.29, 0.717) is 6.54 Å². The lowest BCUT2D eigenvalue weighted by molar-refractivity contribution is 0.948. The molecule has 14 heavy (non-hydrogen) atoms. The van der Waals surface area contributed by atoms with Gasteiger partial charge in [-0.2, -0.15) is 0 Å². The van der Waals surface area contributed by atoms with E-state index in [1.54, 1.807) is 0 Å². The predicted octanol–water partition coefficient (Wildman–Crippen LogP) is 2.59. The summed E-state index contributed by atoms with van der Waals surface area (Å²) in [6, 6.07) is 4.41. The maximum absolute atomic E-state index is 5.77. The van der Waals surface area contributed by atoms with E-state index in [4.69, 9.17) is 5.73 Å². The van der Waals surface area contributed by atoms with Crippen molar-refractivity contribution in [1.82, 2.24) is 0 Å². The van der Waals surface area contributed by atoms with Crippen molar-refractivity contribution in [2.75, 3.05) is 6.54 Å². The SMILES string of the molecule is Cc1ccc(C)c2c1CCC=C2CN. The highest BCUT2D eigenvalue weighted by molar-refractivity contribution is 5.74. The summed E-state index contributed by atoms with van der Waals surface area (Å²) >= 11 is 0. The van der Waals surface area contributed by atoms with E-state index in [9.17, 15) is 0 Å². The Morgan fingerprint density at radius 2 is 1.93 bits per heavy atom. The van der Waals surface area contributed by atoms with Crippen molar-refractivity contribution >= 4 is 5.57 Å². The third kappa shape index (κ3) is 1.38. The molecule has 1 nitrogen and oxygen atoms in total. The highest BCUT2D eigenvalue weighted by Crippen LogP contribution is 2.30. The van der Waals surface area contributed by atoms with Gasteiger partial charge in [0.15, 0.2) is 0 Å². The Balaban J connectivity index is 2.64. The molecular weight excluding hydrogens is 170 g/mol. The molecule has 0 spiro atoms. The Hall–Kier alpha value is -1.08. The molecule has 0 fully saturated rings. The fourth-order valence-corrected chi connectivity index (χ4v) is 2.32. The van der Waals surface area contributed by atoms with E-state index in [1.807, 2.05) is 0 Å². The van der Waals surface area contributed by atoms with E-state index >= 15 is 0 Å². The Morgan fingerprint density at radius 1 is 1.21 bits per heavy atom. The first-order valence-electron chi connectivity index (χ1n) is 5.22. The van der Waals surface area contributed by atoms with Crippen molar-refractivity contribution in [3.8, 4) is 0 Å². The molecule has 0 bridgehead atoms. The van der Waals surface area contributed by atoms with E-state index in [2.05, 4.69) is 32.1 Å². The van der Waals surface area contributed by atoms with Gasteiger partial charge in [-0.1, -0.05) is 18.2 Å². The highest BCUT2D eigenvalue weighted by Gasteiger charge is 2.15. The van der Waals surface area contributed by atoms with Gasteiger partial charge in [0.2, 0.25) is 0 Å². The normalized spacial score (nSPS) is 14.9. The summed E-state index contributed by atoms with van der Waals surface area (Å²) in [5.74, 6) is 0. The van der Waals surface area contributed by atoms with Crippen molar-refractivity contribution in [3.05, 3.63) is 40.5 Å². The van der Waals surface area contributed by atoms with Crippen LogP contribution in [-0.2, 0) is 6.42 Å². The van der Waals surface area contributed by atoms with Gasteiger partial charge in [-0.15, -0.1) is 0 Å². The molecule has 1 aromatic carbocycles. The second-order valence-corrected chi connectivity index (χ2v) is 4.03. The summed E-state index contributed by atoms with van der Waals surface area (Å²) in [6.07, 6.45) is 4.60. The Morgan fingerprint density at radius 3 is 2.64 bits per heavy atom. The van der Waals surface area contributed by atoms with Crippen LogP contribution in [0, 0.1) is 13.8 Å². The lowest BCUT2D eigenvalue weighted by Gasteiger charge is -2.21. The fourth-order valence-electron chi connectivity index (χ4n) is 2.32. The molecule has 74 valence electrons. The van der Waals surface area contributed by atoms with Gasteiger partial charge in [-0.25, -0.2) is 0 Å². The monoisotopic (exact) mass is 187 g/mol. The third-order valence-corrected chi connectivity index (χ3v) is 3.08. The van der Waals surface area contributed by atoms with Crippen molar-refractivity contribution in [2.24, 2.45) is 5.73 Å². The van der Waals surface area contributed by atoms with E-state index in [-0.39, 0.29) is 0 Å². The van der Waals surface area contributed by atoms with Crippen molar-refractivity contribution in [3.63, 3.8) is 0 Å². The molecular formula is C13H17N. The highest BCUT2D eigenvalue weighted by atomic mass is 14.5. The standard InChI is InChI=1S/C13H17N/c1-9-6-7-10(2)13-11(8-14)4-3-5-12(9)13/h4,6-7H,3,5,8,14H2,1-2H3. The average molecular weight is 187 g/mol. The van der Waals surface area contributed by atoms with Crippen LogP contribution in [0.4, 0.5) is 0 Å². The number of hydrogen-bond donors (Lipinski definition) is 1. The molecule has 0 heterocycles. The first kappa shape index (κ1) is 9.47. The maximum Gasteiger partial charge on any atom is 0.0181 e. The predicted molar refractivity (Wildman–Crippen MR) is 61.3 cm³/mol. The number of allylic oxidation sites excluding steroid dienone is 1. The first-order valence-corrected chi connectivity index (χ1v) is 5.22. The van der Waals surface area contributed by atoms with E-state index in [0.717, 1.165) is 6.42 Å². The average Bonchev–Trinajstić information content (AvgIpc) is 2.23. The molecule has 2 N–H and O–H groups in total. The molecule has 1 aliphatic carbocycles. The molecule has 1 heteroatoms. The minimum absolute atomic E-state index is 0.664. The zero-order valence-corrected chi connectivity index (χ0v) is 8.93. The summed E-state index contributed by atoms with van der Waals surface area (Å²) in [5, 5.41) is 0. The van der Waals surface area contributed by atoms with Crippen LogP contribution in [0.1, 0.15) is 28.7 Å². The Bertz CT molecular complexity index is 388. The molecule has 2 rings (SSSR count). The Labute approximate surface area is 85.6 Å². The largest absolute Gasteiger partial charge is 0.326 e. The van der Waals surface area contributed by atoms with Gasteiger partial charge < -0.3 is 5.73 Å². The molecule has 1 aliphatic rings. The zero-order chi connectivity index (χ0) is 10.1. The lowest BCUT2D eigenvalue weighted by Crippen LogP contribution is -2.11. The first-order chi connectivity index (χ1) is 6.74. The van der Waals surface area contributed by atoms with Gasteiger partial charge in [-0.05, 0) is 54.5 Å². The molecule has 0 aromatic heterocycles. The quantitative estimate of drug-likeness (QED) is 0.718. The summed E-state index contributed by atoms with van der Waals surface area (Å²) < 4.78 is 0. The van der Waals surface area contributed by atoms with Crippen LogP contribution in [0.5, 0.6) is 0 Å². The summed E-state index contributed by atoms with van der Waals surface area (Å²) in [6.45, 7) is 5.03. The van der Waals surface area contributed by atoms with Crippen LogP contribution >= 0.6 is 0 Å². The second kappa shape index (κ2) is 3.58. The molecule has 0 radical (unpaired) electrons. The van der Waals surface area contributed by atoms with Gasteiger partial charge in [0.05, 0.1) is 0 Å². The number of aryl methyl sites for hydroxylation is 2. The summed E-state index contributed by atoms with van der Waals surface area (Å²) in [5.41, 5.74) is 12.8. The van der Waals surface area contributed by atoms with Gasteiger partial charge in [0, 0.05) is 6.54 Å². The summed E-state index contributed by atoms with van der Waals surface area (Å²) in [7, 11) is 0. The van der Waals surface area contributed by atoms with Crippen LogP contribution in [-0.4, -0.2) is 6.54 Å². The second-order valence-electron chi connectivity index (χ2n) is 4.03. The molecule has 0 unspecified atom stereocenters. The van der Waals surface area contributed by atoms with Crippen LogP contribution in [0.2, 0.25) is 0 Å². The minimum atomic E-state index is 0.664. The number of rotatable bonds is 1. The Kier molecular flexibility index (Phi) is 2.42. The van der Waals surface area contributed by atoms with Crippen molar-refractivity contribution in [2.45, 2.75) is 26.7 Å². The molecule has 1 aromatic rings. The number of benzene rings is 1. The number of hydrogen-bond acceptors (Lipinski definition) is 1. The van der Waals surface area contributed by atoms with Crippen LogP contribution in [0.25, 0.3) is 5.57 Å². The van der Waals surface area contributed by atoms with Gasteiger partial charge in [-0.3, -0.25) is 0 Å². The molecule has 0 amide bonds. The number of fused-ring (bicyclic) bond motifs is 1. The minimum Gasteiger partial charge on any atom is -0.326 e. The molecule has 0 saturated carbocycles. The smallest absolute Gasteiger partial charge is 0.0181 e.